The van der Waals surface area contributed by atoms with E-state index in [9.17, 15) is 23.1 Å². The molecule has 256 valence electrons. The predicted octanol–water partition coefficient (Wildman–Crippen LogP) is 6.10. The van der Waals surface area contributed by atoms with Gasteiger partial charge in [-0.1, -0.05) is 60.7 Å². The van der Waals surface area contributed by atoms with Crippen molar-refractivity contribution in [3.8, 4) is 28.6 Å². The zero-order valence-electron chi connectivity index (χ0n) is 26.8. The largest absolute Gasteiger partial charge is 0.492 e. The molecule has 1 heterocycles. The van der Waals surface area contributed by atoms with Crippen LogP contribution in [0.15, 0.2) is 109 Å². The lowest BCUT2D eigenvalue weighted by molar-refractivity contribution is -0.140. The zero-order chi connectivity index (χ0) is 34.8. The molecule has 9 nitrogen and oxygen atoms in total. The van der Waals surface area contributed by atoms with Gasteiger partial charge in [0.25, 0.3) is 5.91 Å². The minimum Gasteiger partial charge on any atom is -0.492 e. The molecule has 0 fully saturated rings. The number of aryl methyl sites for hydroxylation is 1. The number of carbonyl (C=O) groups is 1. The Morgan fingerprint density at radius 1 is 0.898 bits per heavy atom. The highest BCUT2D eigenvalue weighted by Crippen LogP contribution is 2.31. The topological polar surface area (TPSA) is 112 Å². The summed E-state index contributed by atoms with van der Waals surface area (Å²) in [5, 5.41) is 10.9. The highest BCUT2D eigenvalue weighted by molar-refractivity contribution is 5.96. The van der Waals surface area contributed by atoms with Gasteiger partial charge in [-0.3, -0.25) is 9.69 Å². The number of halogens is 3. The van der Waals surface area contributed by atoms with E-state index in [0.29, 0.717) is 35.9 Å². The van der Waals surface area contributed by atoms with E-state index in [2.05, 4.69) is 4.98 Å². The van der Waals surface area contributed by atoms with Crippen molar-refractivity contribution in [1.29, 1.82) is 0 Å². The summed E-state index contributed by atoms with van der Waals surface area (Å²) in [4.78, 5) is 17.9. The average molecular weight is 675 g/mol. The van der Waals surface area contributed by atoms with E-state index < -0.39 is 23.9 Å². The predicted molar refractivity (Wildman–Crippen MR) is 178 cm³/mol. The number of nitrogens with two attached hydrogens (primary N) is 1. The van der Waals surface area contributed by atoms with Gasteiger partial charge in [0.05, 0.1) is 5.56 Å². The minimum atomic E-state index is -4.53. The quantitative estimate of drug-likeness (QED) is 0.130. The number of hydrogen-bond acceptors (Lipinski definition) is 7. The Kier molecular flexibility index (Phi) is 11.6. The van der Waals surface area contributed by atoms with Gasteiger partial charge in [-0.15, -0.1) is 0 Å². The van der Waals surface area contributed by atoms with Crippen molar-refractivity contribution in [2.45, 2.75) is 25.4 Å². The van der Waals surface area contributed by atoms with Crippen LogP contribution in [0.5, 0.6) is 17.2 Å². The lowest BCUT2D eigenvalue weighted by Gasteiger charge is -2.25. The normalized spacial score (nSPS) is 12.1. The molecule has 5 aromatic rings. The van der Waals surface area contributed by atoms with Crippen molar-refractivity contribution < 1.29 is 37.3 Å². The number of benzene rings is 4. The maximum atomic E-state index is 13.1. The van der Waals surface area contributed by atoms with Crippen LogP contribution in [-0.2, 0) is 26.4 Å². The van der Waals surface area contributed by atoms with Crippen LogP contribution in [0.1, 0.15) is 27.2 Å². The number of hydrogen-bond donors (Lipinski definition) is 2. The summed E-state index contributed by atoms with van der Waals surface area (Å²) in [6, 6.07) is 30.8. The molecule has 0 aliphatic carbocycles. The summed E-state index contributed by atoms with van der Waals surface area (Å²) >= 11 is 0. The molecule has 0 radical (unpaired) electrons. The fraction of sp³-hybridized carbons (Fsp3) is 0.243. The second-order valence-electron chi connectivity index (χ2n) is 11.4. The van der Waals surface area contributed by atoms with Crippen LogP contribution in [-0.4, -0.2) is 57.9 Å². The summed E-state index contributed by atoms with van der Waals surface area (Å²) in [7, 11) is 1.50. The first-order chi connectivity index (χ1) is 23.5. The molecule has 12 heteroatoms. The van der Waals surface area contributed by atoms with E-state index in [1.807, 2.05) is 65.6 Å². The minimum absolute atomic E-state index is 0.0153. The Morgan fingerprint density at radius 2 is 1.55 bits per heavy atom. The summed E-state index contributed by atoms with van der Waals surface area (Å²) in [5.41, 5.74) is 7.38. The lowest BCUT2D eigenvalue weighted by Crippen LogP contribution is -2.37. The van der Waals surface area contributed by atoms with Crippen LogP contribution in [0.25, 0.3) is 11.4 Å². The van der Waals surface area contributed by atoms with E-state index in [4.69, 9.17) is 19.9 Å². The van der Waals surface area contributed by atoms with Gasteiger partial charge in [0.2, 0.25) is 0 Å². The fourth-order valence-electron chi connectivity index (χ4n) is 5.14. The van der Waals surface area contributed by atoms with Crippen LogP contribution in [0.4, 0.5) is 13.2 Å². The second-order valence-corrected chi connectivity index (χ2v) is 11.4. The number of aliphatic hydroxyl groups is 1. The first-order valence-electron chi connectivity index (χ1n) is 15.6. The number of carbonyl (C=O) groups excluding carboxylic acids is 1. The average Bonchev–Trinajstić information content (AvgIpc) is 3.50. The number of imidazole rings is 1. The van der Waals surface area contributed by atoms with Gasteiger partial charge < -0.3 is 29.6 Å². The first kappa shape index (κ1) is 35.0. The summed E-state index contributed by atoms with van der Waals surface area (Å²) in [6.45, 7) is 1.78. The van der Waals surface area contributed by atoms with E-state index in [0.717, 1.165) is 17.3 Å². The van der Waals surface area contributed by atoms with Gasteiger partial charge in [0, 0.05) is 38.4 Å². The van der Waals surface area contributed by atoms with Gasteiger partial charge in [-0.2, -0.15) is 13.2 Å². The summed E-state index contributed by atoms with van der Waals surface area (Å²) < 4.78 is 58.2. The Hall–Kier alpha value is -5.33. The number of amides is 1. The van der Waals surface area contributed by atoms with Gasteiger partial charge in [0.15, 0.2) is 5.69 Å². The standard InChI is InChI=1S/C37H37F3N4O5/c1-43-23-34(37(38,39)40)42-36(43)28-12-14-30(15-13-28)48-25-29(45)22-44(21-26-8-4-2-5-9-26)18-19-47-31-16-17-33(32(20-31)35(41)46)49-24-27-10-6-3-7-11-27/h2-17,20,23,29,45H,18-19,21-22,24-25H2,1H3,(H2,41,46). The Morgan fingerprint density at radius 3 is 2.18 bits per heavy atom. The molecule has 1 unspecified atom stereocenters. The smallest absolute Gasteiger partial charge is 0.434 e. The number of primary amides is 1. The molecule has 4 aromatic carbocycles. The Bertz CT molecular complexity index is 1800. The summed E-state index contributed by atoms with van der Waals surface area (Å²) in [5.74, 6) is 0.805. The summed E-state index contributed by atoms with van der Waals surface area (Å²) in [6.07, 6.45) is -4.46. The third-order valence-corrected chi connectivity index (χ3v) is 7.57. The molecule has 0 aliphatic rings. The number of aliphatic hydroxyl groups excluding tert-OH is 1. The van der Waals surface area contributed by atoms with Crippen molar-refractivity contribution >= 4 is 5.91 Å². The fourth-order valence-corrected chi connectivity index (χ4v) is 5.14. The molecule has 49 heavy (non-hydrogen) atoms. The van der Waals surface area contributed by atoms with E-state index >= 15 is 0 Å². The molecule has 3 N–H and O–H groups in total. The van der Waals surface area contributed by atoms with Gasteiger partial charge in [-0.05, 0) is 53.6 Å². The Balaban J connectivity index is 1.16. The van der Waals surface area contributed by atoms with Crippen LogP contribution in [0.2, 0.25) is 0 Å². The van der Waals surface area contributed by atoms with Crippen LogP contribution < -0.4 is 19.9 Å². The number of nitrogens with zero attached hydrogens (tertiary/aromatic N) is 3. The lowest BCUT2D eigenvalue weighted by atomic mass is 10.1. The monoisotopic (exact) mass is 674 g/mol. The van der Waals surface area contributed by atoms with E-state index in [-0.39, 0.29) is 37.8 Å². The maximum absolute atomic E-state index is 13.1. The molecular weight excluding hydrogens is 637 g/mol. The van der Waals surface area contributed by atoms with E-state index in [1.54, 1.807) is 42.5 Å². The van der Waals surface area contributed by atoms with E-state index in [1.165, 1.54) is 11.6 Å². The molecule has 1 aromatic heterocycles. The van der Waals surface area contributed by atoms with Gasteiger partial charge in [0.1, 0.15) is 49.0 Å². The Labute approximate surface area is 282 Å². The molecule has 0 saturated carbocycles. The first-order valence-corrected chi connectivity index (χ1v) is 15.6. The van der Waals surface area contributed by atoms with Crippen molar-refractivity contribution in [3.63, 3.8) is 0 Å². The SMILES string of the molecule is Cn1cc(C(F)(F)F)nc1-c1ccc(OCC(O)CN(CCOc2ccc(OCc3ccccc3)c(C(N)=O)c2)Cc2ccccc2)cc1. The highest BCUT2D eigenvalue weighted by atomic mass is 19.4. The van der Waals surface area contributed by atoms with Crippen molar-refractivity contribution in [2.24, 2.45) is 12.8 Å². The molecule has 0 spiro atoms. The molecule has 5 rings (SSSR count). The zero-order valence-corrected chi connectivity index (χ0v) is 26.8. The second kappa shape index (κ2) is 16.2. The number of rotatable bonds is 16. The molecule has 1 atom stereocenters. The number of aromatic nitrogens is 2. The molecule has 1 amide bonds. The molecule has 0 aliphatic heterocycles. The molecular formula is C37H37F3N4O5. The van der Waals surface area contributed by atoms with Crippen LogP contribution in [0.3, 0.4) is 0 Å². The molecule has 0 bridgehead atoms. The van der Waals surface area contributed by atoms with Crippen molar-refractivity contribution in [1.82, 2.24) is 14.5 Å². The maximum Gasteiger partial charge on any atom is 0.434 e. The van der Waals surface area contributed by atoms with Gasteiger partial charge in [-0.25, -0.2) is 4.98 Å². The number of ether oxygens (including phenoxy) is 3. The third-order valence-electron chi connectivity index (χ3n) is 7.57. The van der Waals surface area contributed by atoms with Crippen molar-refractivity contribution in [3.05, 3.63) is 132 Å². The highest BCUT2D eigenvalue weighted by Gasteiger charge is 2.34. The van der Waals surface area contributed by atoms with Crippen LogP contribution >= 0.6 is 0 Å². The molecule has 0 saturated heterocycles. The van der Waals surface area contributed by atoms with Gasteiger partial charge >= 0.3 is 6.18 Å². The van der Waals surface area contributed by atoms with Crippen molar-refractivity contribution in [2.75, 3.05) is 26.3 Å². The third kappa shape index (κ3) is 10.1. The van der Waals surface area contributed by atoms with Crippen LogP contribution in [0, 0.1) is 0 Å². The number of alkyl halides is 3.